The van der Waals surface area contributed by atoms with Gasteiger partial charge in [0.1, 0.15) is 0 Å². The van der Waals surface area contributed by atoms with Crippen LogP contribution in [-0.4, -0.2) is 18.0 Å². The minimum Gasteiger partial charge on any atom is -0.335 e. The van der Waals surface area contributed by atoms with Crippen LogP contribution < -0.4 is 5.32 Å². The Morgan fingerprint density at radius 3 is 2.60 bits per heavy atom. The second kappa shape index (κ2) is 5.71. The standard InChI is InChI=1S/C17H18N2S/c1-12-7-9-13(10-8-12)15-11-18-17(20-2)19-16-6-4-3-5-14(15)16/h3-10,15H,11H2,1-2H3,(H,18,19). The molecule has 0 radical (unpaired) electrons. The van der Waals surface area contributed by atoms with Gasteiger partial charge in [0, 0.05) is 11.6 Å². The number of rotatable bonds is 1. The predicted molar refractivity (Wildman–Crippen MR) is 88.9 cm³/mol. The van der Waals surface area contributed by atoms with Gasteiger partial charge in [-0.2, -0.15) is 0 Å². The van der Waals surface area contributed by atoms with E-state index in [1.807, 2.05) is 0 Å². The molecule has 2 nitrogen and oxygen atoms in total. The SMILES string of the molecule is CSC1=NCC(c2ccc(C)cc2)c2ccccc2N1. The third kappa shape index (κ3) is 2.59. The van der Waals surface area contributed by atoms with Crippen molar-refractivity contribution in [2.24, 2.45) is 4.99 Å². The van der Waals surface area contributed by atoms with Crippen molar-refractivity contribution >= 4 is 22.6 Å². The van der Waals surface area contributed by atoms with Gasteiger partial charge < -0.3 is 5.32 Å². The molecule has 0 saturated carbocycles. The van der Waals surface area contributed by atoms with Crippen molar-refractivity contribution in [3.05, 3.63) is 65.2 Å². The second-order valence-electron chi connectivity index (χ2n) is 5.03. The highest BCUT2D eigenvalue weighted by atomic mass is 32.2. The van der Waals surface area contributed by atoms with E-state index in [0.29, 0.717) is 5.92 Å². The molecule has 0 spiro atoms. The maximum Gasteiger partial charge on any atom is 0.160 e. The van der Waals surface area contributed by atoms with Crippen LogP contribution in [-0.2, 0) is 0 Å². The fourth-order valence-corrected chi connectivity index (χ4v) is 2.96. The Bertz CT molecular complexity index is 632. The van der Waals surface area contributed by atoms with Gasteiger partial charge >= 0.3 is 0 Å². The van der Waals surface area contributed by atoms with E-state index >= 15 is 0 Å². The lowest BCUT2D eigenvalue weighted by atomic mass is 9.90. The number of nitrogens with one attached hydrogen (secondary N) is 1. The maximum absolute atomic E-state index is 4.71. The summed E-state index contributed by atoms with van der Waals surface area (Å²) in [5.74, 6) is 0.323. The summed E-state index contributed by atoms with van der Waals surface area (Å²) in [5, 5.41) is 4.43. The minimum absolute atomic E-state index is 0.323. The lowest BCUT2D eigenvalue weighted by Gasteiger charge is -2.17. The molecule has 0 bridgehead atoms. The maximum atomic E-state index is 4.71. The van der Waals surface area contributed by atoms with Crippen LogP contribution in [0.3, 0.4) is 0 Å². The van der Waals surface area contributed by atoms with E-state index in [4.69, 9.17) is 4.99 Å². The normalized spacial score (nSPS) is 17.7. The van der Waals surface area contributed by atoms with Crippen LogP contribution in [0, 0.1) is 6.92 Å². The first kappa shape index (κ1) is 13.3. The van der Waals surface area contributed by atoms with Gasteiger partial charge in [-0.15, -0.1) is 0 Å². The molecule has 0 aliphatic carbocycles. The van der Waals surface area contributed by atoms with Crippen LogP contribution in [0.4, 0.5) is 5.69 Å². The van der Waals surface area contributed by atoms with E-state index in [1.165, 1.54) is 22.4 Å². The molecule has 0 amide bonds. The number of aryl methyl sites for hydroxylation is 1. The summed E-state index contributed by atoms with van der Waals surface area (Å²) < 4.78 is 0. The highest BCUT2D eigenvalue weighted by Crippen LogP contribution is 2.33. The average molecular weight is 282 g/mol. The molecule has 2 aromatic rings. The zero-order chi connectivity index (χ0) is 13.9. The van der Waals surface area contributed by atoms with Gasteiger partial charge in [-0.05, 0) is 30.4 Å². The number of nitrogens with zero attached hydrogens (tertiary/aromatic N) is 1. The van der Waals surface area contributed by atoms with Crippen molar-refractivity contribution in [3.63, 3.8) is 0 Å². The second-order valence-corrected chi connectivity index (χ2v) is 5.82. The van der Waals surface area contributed by atoms with E-state index in [1.54, 1.807) is 11.8 Å². The summed E-state index contributed by atoms with van der Waals surface area (Å²) in [5.41, 5.74) is 5.12. The van der Waals surface area contributed by atoms with Gasteiger partial charge in [-0.3, -0.25) is 4.99 Å². The third-order valence-electron chi connectivity index (χ3n) is 3.67. The third-order valence-corrected chi connectivity index (χ3v) is 4.29. The summed E-state index contributed by atoms with van der Waals surface area (Å²) in [6.45, 7) is 2.92. The van der Waals surface area contributed by atoms with Crippen LogP contribution in [0.2, 0.25) is 0 Å². The average Bonchev–Trinajstić information content (AvgIpc) is 2.67. The first-order chi connectivity index (χ1) is 9.78. The zero-order valence-corrected chi connectivity index (χ0v) is 12.6. The summed E-state index contributed by atoms with van der Waals surface area (Å²) in [6.07, 6.45) is 2.06. The molecule has 0 fully saturated rings. The van der Waals surface area contributed by atoms with E-state index in [9.17, 15) is 0 Å². The van der Waals surface area contributed by atoms with Crippen LogP contribution >= 0.6 is 11.8 Å². The number of thioether (sulfide) groups is 1. The van der Waals surface area contributed by atoms with Gasteiger partial charge in [0.15, 0.2) is 5.17 Å². The number of benzene rings is 2. The quantitative estimate of drug-likeness (QED) is 0.844. The Labute approximate surface area is 124 Å². The molecule has 1 N–H and O–H groups in total. The van der Waals surface area contributed by atoms with Crippen molar-refractivity contribution in [1.82, 2.24) is 0 Å². The molecule has 102 valence electrons. The minimum atomic E-state index is 0.323. The molecule has 20 heavy (non-hydrogen) atoms. The molecule has 0 saturated heterocycles. The van der Waals surface area contributed by atoms with Gasteiger partial charge in [0.25, 0.3) is 0 Å². The fraction of sp³-hybridized carbons (Fsp3) is 0.235. The number of aliphatic imine (C=N–C) groups is 1. The number of hydrogen-bond acceptors (Lipinski definition) is 3. The highest BCUT2D eigenvalue weighted by Gasteiger charge is 2.20. The predicted octanol–water partition coefficient (Wildman–Crippen LogP) is 4.27. The molecule has 3 rings (SSSR count). The van der Waals surface area contributed by atoms with Gasteiger partial charge in [0.2, 0.25) is 0 Å². The van der Waals surface area contributed by atoms with E-state index < -0.39 is 0 Å². The largest absolute Gasteiger partial charge is 0.335 e. The number of anilines is 1. The molecule has 2 aromatic carbocycles. The van der Waals surface area contributed by atoms with Crippen molar-refractivity contribution in [2.45, 2.75) is 12.8 Å². The Kier molecular flexibility index (Phi) is 3.79. The molecule has 3 heteroatoms. The summed E-state index contributed by atoms with van der Waals surface area (Å²) >= 11 is 1.66. The number of hydrogen-bond donors (Lipinski definition) is 1. The van der Waals surface area contributed by atoms with Gasteiger partial charge in [-0.25, -0.2) is 0 Å². The van der Waals surface area contributed by atoms with Crippen LogP contribution in [0.25, 0.3) is 0 Å². The topological polar surface area (TPSA) is 24.4 Å². The molecule has 1 atom stereocenters. The lowest BCUT2D eigenvalue weighted by Crippen LogP contribution is -2.06. The Morgan fingerprint density at radius 1 is 1.10 bits per heavy atom. The molecule has 1 aliphatic rings. The molecule has 1 unspecified atom stereocenters. The lowest BCUT2D eigenvalue weighted by molar-refractivity contribution is 0.830. The Balaban J connectivity index is 2.06. The summed E-state index contributed by atoms with van der Waals surface area (Å²) in [7, 11) is 0. The first-order valence-corrected chi connectivity index (χ1v) is 8.01. The molecular weight excluding hydrogens is 264 g/mol. The number of amidine groups is 1. The monoisotopic (exact) mass is 282 g/mol. The van der Waals surface area contributed by atoms with Crippen molar-refractivity contribution in [1.29, 1.82) is 0 Å². The number of fused-ring (bicyclic) bond motifs is 1. The molecule has 1 aliphatic heterocycles. The van der Waals surface area contributed by atoms with E-state index in [2.05, 4.69) is 67.0 Å². The number of para-hydroxylation sites is 1. The van der Waals surface area contributed by atoms with Gasteiger partial charge in [-0.1, -0.05) is 59.8 Å². The molecule has 0 aromatic heterocycles. The Hall–Kier alpha value is -1.74. The van der Waals surface area contributed by atoms with E-state index in [-0.39, 0.29) is 0 Å². The molecular formula is C17H18N2S. The van der Waals surface area contributed by atoms with Gasteiger partial charge in [0.05, 0.1) is 6.54 Å². The Morgan fingerprint density at radius 2 is 1.85 bits per heavy atom. The van der Waals surface area contributed by atoms with Crippen molar-refractivity contribution in [2.75, 3.05) is 18.1 Å². The van der Waals surface area contributed by atoms with Crippen LogP contribution in [0.1, 0.15) is 22.6 Å². The van der Waals surface area contributed by atoms with Crippen LogP contribution in [0.5, 0.6) is 0 Å². The van der Waals surface area contributed by atoms with Crippen molar-refractivity contribution in [3.8, 4) is 0 Å². The van der Waals surface area contributed by atoms with Crippen LogP contribution in [0.15, 0.2) is 53.5 Å². The molecule has 1 heterocycles. The zero-order valence-electron chi connectivity index (χ0n) is 11.8. The summed E-state index contributed by atoms with van der Waals surface area (Å²) in [4.78, 5) is 4.71. The van der Waals surface area contributed by atoms with Crippen molar-refractivity contribution < 1.29 is 0 Å². The fourth-order valence-electron chi connectivity index (χ4n) is 2.54. The smallest absolute Gasteiger partial charge is 0.160 e. The first-order valence-electron chi connectivity index (χ1n) is 6.79. The summed E-state index contributed by atoms with van der Waals surface area (Å²) in [6, 6.07) is 17.3. The van der Waals surface area contributed by atoms with E-state index in [0.717, 1.165) is 11.7 Å². The highest BCUT2D eigenvalue weighted by molar-refractivity contribution is 8.13.